The molecule has 3 amide bonds. The van der Waals surface area contributed by atoms with Gasteiger partial charge in [0.15, 0.2) is 0 Å². The van der Waals surface area contributed by atoms with Crippen molar-refractivity contribution in [2.75, 3.05) is 71.7 Å². The number of hydrogen-bond donors (Lipinski definition) is 3. The second-order valence-electron chi connectivity index (χ2n) is 9.86. The first-order valence-corrected chi connectivity index (χ1v) is 15.6. The van der Waals surface area contributed by atoms with E-state index < -0.39 is 5.97 Å². The Morgan fingerprint density at radius 2 is 1.59 bits per heavy atom. The molecule has 0 spiro atoms. The molecule has 0 bridgehead atoms. The quantitative estimate of drug-likeness (QED) is 0.111. The van der Waals surface area contributed by atoms with E-state index >= 15 is 0 Å². The summed E-state index contributed by atoms with van der Waals surface area (Å²) < 4.78 is 21.3. The molecule has 2 aliphatic rings. The summed E-state index contributed by atoms with van der Waals surface area (Å²) >= 11 is 1.96. The second-order valence-corrected chi connectivity index (χ2v) is 11.1. The van der Waals surface area contributed by atoms with Crippen molar-refractivity contribution in [1.29, 1.82) is 0 Å². The van der Waals surface area contributed by atoms with Crippen LogP contribution in [0.25, 0.3) is 0 Å². The number of fused-ring (bicyclic) bond motifs is 1. The van der Waals surface area contributed by atoms with Crippen molar-refractivity contribution in [3.63, 3.8) is 0 Å². The lowest BCUT2D eigenvalue weighted by molar-refractivity contribution is -0.138. The van der Waals surface area contributed by atoms with E-state index in [0.29, 0.717) is 70.5 Å². The molecule has 11 nitrogen and oxygen atoms in total. The molecule has 0 saturated carbocycles. The second kappa shape index (κ2) is 21.2. The number of thioether (sulfide) groups is 1. The lowest BCUT2D eigenvalue weighted by atomic mass is 10.0. The number of hydrogen-bond acceptors (Lipinski definition) is 8. The van der Waals surface area contributed by atoms with Crippen molar-refractivity contribution in [3.05, 3.63) is 0 Å². The van der Waals surface area contributed by atoms with E-state index in [0.717, 1.165) is 38.0 Å². The molecule has 0 aromatic rings. The first kappa shape index (κ1) is 33.6. The third kappa shape index (κ3) is 14.6. The normalized spacial score (nSPS) is 20.3. The van der Waals surface area contributed by atoms with Crippen LogP contribution in [0, 0.1) is 0 Å². The van der Waals surface area contributed by atoms with Crippen molar-refractivity contribution >= 4 is 29.7 Å². The summed E-state index contributed by atoms with van der Waals surface area (Å²) in [6, 6.07) is 0.662. The molecular formula is C27H49N3O8S. The van der Waals surface area contributed by atoms with Gasteiger partial charge in [-0.15, -0.1) is 0 Å². The molecule has 2 fully saturated rings. The van der Waals surface area contributed by atoms with E-state index in [9.17, 15) is 14.4 Å². The average molecular weight is 576 g/mol. The van der Waals surface area contributed by atoms with Crippen LogP contribution in [0.4, 0.5) is 4.79 Å². The van der Waals surface area contributed by atoms with Gasteiger partial charge in [-0.25, -0.2) is 4.79 Å². The fourth-order valence-corrected chi connectivity index (χ4v) is 6.32. The molecular weight excluding hydrogens is 526 g/mol. The van der Waals surface area contributed by atoms with Crippen LogP contribution in [-0.2, 0) is 28.5 Å². The molecule has 2 saturated heterocycles. The zero-order valence-electron chi connectivity index (χ0n) is 23.5. The van der Waals surface area contributed by atoms with Crippen LogP contribution in [0.3, 0.4) is 0 Å². The van der Waals surface area contributed by atoms with Crippen LogP contribution in [0.15, 0.2) is 0 Å². The topological polar surface area (TPSA) is 136 Å². The molecule has 3 N–H and O–H groups in total. The van der Waals surface area contributed by atoms with Crippen molar-refractivity contribution < 1.29 is 38.4 Å². The number of ether oxygens (including phenoxy) is 4. The van der Waals surface area contributed by atoms with E-state index in [1.54, 1.807) is 0 Å². The van der Waals surface area contributed by atoms with Gasteiger partial charge >= 0.3 is 12.0 Å². The fourth-order valence-electron chi connectivity index (χ4n) is 4.72. The molecule has 0 radical (unpaired) electrons. The molecule has 3 atom stereocenters. The zero-order valence-corrected chi connectivity index (χ0v) is 24.4. The zero-order chi connectivity index (χ0) is 28.1. The van der Waals surface area contributed by atoms with Crippen molar-refractivity contribution in [3.8, 4) is 0 Å². The van der Waals surface area contributed by atoms with Gasteiger partial charge in [0.05, 0.1) is 71.4 Å². The minimum Gasteiger partial charge on any atom is -0.481 e. The van der Waals surface area contributed by atoms with Gasteiger partial charge in [0.1, 0.15) is 0 Å². The Morgan fingerprint density at radius 3 is 2.26 bits per heavy atom. The smallest absolute Gasteiger partial charge is 0.318 e. The van der Waals surface area contributed by atoms with Gasteiger partial charge in [-0.2, -0.15) is 11.8 Å². The highest BCUT2D eigenvalue weighted by Gasteiger charge is 2.47. The lowest BCUT2D eigenvalue weighted by Crippen LogP contribution is -2.41. The van der Waals surface area contributed by atoms with Crippen LogP contribution < -0.4 is 10.6 Å². The molecule has 39 heavy (non-hydrogen) atoms. The minimum atomic E-state index is -0.876. The molecule has 0 aromatic heterocycles. The van der Waals surface area contributed by atoms with Crippen molar-refractivity contribution in [2.45, 2.75) is 82.0 Å². The van der Waals surface area contributed by atoms with E-state index in [1.807, 2.05) is 11.8 Å². The summed E-state index contributed by atoms with van der Waals surface area (Å²) in [4.78, 5) is 37.0. The van der Waals surface area contributed by atoms with Crippen LogP contribution in [-0.4, -0.2) is 117 Å². The van der Waals surface area contributed by atoms with Gasteiger partial charge in [0, 0.05) is 30.5 Å². The Labute approximate surface area is 237 Å². The van der Waals surface area contributed by atoms with Gasteiger partial charge < -0.3 is 39.6 Å². The van der Waals surface area contributed by atoms with Crippen LogP contribution in [0.5, 0.6) is 0 Å². The van der Waals surface area contributed by atoms with Gasteiger partial charge in [-0.3, -0.25) is 9.59 Å². The number of urea groups is 1. The van der Waals surface area contributed by atoms with E-state index in [4.69, 9.17) is 24.1 Å². The fraction of sp³-hybridized carbons (Fsp3) is 0.889. The number of carbonyl (C=O) groups is 3. The van der Waals surface area contributed by atoms with E-state index in [1.165, 1.54) is 19.3 Å². The van der Waals surface area contributed by atoms with Crippen LogP contribution in [0.1, 0.15) is 64.7 Å². The maximum atomic E-state index is 12.4. The minimum absolute atomic E-state index is 0.00528. The van der Waals surface area contributed by atoms with Crippen LogP contribution in [0.2, 0.25) is 0 Å². The molecule has 2 aliphatic heterocycles. The number of carbonyl (C=O) groups excluding carboxylic acids is 2. The Morgan fingerprint density at radius 1 is 0.923 bits per heavy atom. The maximum absolute atomic E-state index is 12.4. The van der Waals surface area contributed by atoms with Crippen molar-refractivity contribution in [2.24, 2.45) is 0 Å². The monoisotopic (exact) mass is 575 g/mol. The number of nitrogens with one attached hydrogen (secondary N) is 2. The Balaban J connectivity index is 1.38. The maximum Gasteiger partial charge on any atom is 0.318 e. The summed E-state index contributed by atoms with van der Waals surface area (Å²) in [5.74, 6) is 0.156. The summed E-state index contributed by atoms with van der Waals surface area (Å²) in [5, 5.41) is 15.0. The van der Waals surface area contributed by atoms with Gasteiger partial charge in [0.25, 0.3) is 0 Å². The van der Waals surface area contributed by atoms with Crippen LogP contribution >= 0.6 is 11.8 Å². The first-order chi connectivity index (χ1) is 19.0. The summed E-state index contributed by atoms with van der Waals surface area (Å²) in [6.07, 6.45) is 8.05. The van der Waals surface area contributed by atoms with E-state index in [2.05, 4.69) is 22.5 Å². The number of aliphatic carboxylic acids is 1. The molecule has 2 rings (SSSR count). The van der Waals surface area contributed by atoms with Gasteiger partial charge in [0.2, 0.25) is 5.91 Å². The Hall–Kier alpha value is -1.60. The summed E-state index contributed by atoms with van der Waals surface area (Å²) in [6.45, 7) is 6.69. The number of carboxylic acids is 1. The highest BCUT2D eigenvalue weighted by Crippen LogP contribution is 2.37. The van der Waals surface area contributed by atoms with Gasteiger partial charge in [-0.1, -0.05) is 32.6 Å². The molecule has 0 aliphatic carbocycles. The molecule has 0 unspecified atom stereocenters. The third-order valence-electron chi connectivity index (χ3n) is 6.75. The Bertz CT molecular complexity index is 702. The SMILES string of the molecule is CCCCCCN1C(=O)N[C@H]2CS[C@@H](CCCCC(=O)NCCOCCOCCOCCOCCC(=O)O)[C@H]21. The number of rotatable bonds is 25. The predicted octanol–water partition coefficient (Wildman–Crippen LogP) is 2.66. The average Bonchev–Trinajstić information content (AvgIpc) is 3.44. The standard InChI is InChI=1S/C27H49N3O8S/c1-2-3-4-7-12-30-26-22(29-27(30)34)21-39-23(26)8-5-6-9-24(31)28-11-14-36-16-18-38-20-19-37-17-15-35-13-10-25(32)33/h22-23,26H,2-21H2,1H3,(H,28,31)(H,29,34)(H,32,33)/t22-,23-,26-/m0/s1. The van der Waals surface area contributed by atoms with Crippen molar-refractivity contribution in [1.82, 2.24) is 15.5 Å². The summed E-state index contributed by atoms with van der Waals surface area (Å²) in [7, 11) is 0. The highest BCUT2D eigenvalue weighted by atomic mass is 32.2. The highest BCUT2D eigenvalue weighted by molar-refractivity contribution is 8.00. The largest absolute Gasteiger partial charge is 0.481 e. The number of carboxylic acid groups (broad SMARTS) is 1. The number of unbranched alkanes of at least 4 members (excludes halogenated alkanes) is 4. The Kier molecular flexibility index (Phi) is 18.3. The predicted molar refractivity (Wildman–Crippen MR) is 150 cm³/mol. The number of nitrogens with zero attached hydrogens (tertiary/aromatic N) is 1. The van der Waals surface area contributed by atoms with Gasteiger partial charge in [-0.05, 0) is 19.3 Å². The lowest BCUT2D eigenvalue weighted by Gasteiger charge is -2.27. The molecule has 2 heterocycles. The molecule has 12 heteroatoms. The number of amides is 3. The molecule has 226 valence electrons. The molecule has 0 aromatic carbocycles. The summed E-state index contributed by atoms with van der Waals surface area (Å²) in [5.41, 5.74) is 0. The third-order valence-corrected chi connectivity index (χ3v) is 8.25. The first-order valence-electron chi connectivity index (χ1n) is 14.5. The van der Waals surface area contributed by atoms with E-state index in [-0.39, 0.29) is 31.0 Å².